The number of carbonyl (C=O) groups is 1. The zero-order valence-corrected chi connectivity index (χ0v) is 14.6. The van der Waals surface area contributed by atoms with Crippen LogP contribution in [0.25, 0.3) is 10.2 Å². The van der Waals surface area contributed by atoms with Gasteiger partial charge in [-0.1, -0.05) is 30.3 Å². The van der Waals surface area contributed by atoms with E-state index in [1.165, 1.54) is 4.70 Å². The molecule has 1 unspecified atom stereocenters. The monoisotopic (exact) mass is 340 g/mol. The van der Waals surface area contributed by atoms with E-state index >= 15 is 0 Å². The Kier molecular flexibility index (Phi) is 5.11. The number of hydrogen-bond acceptors (Lipinski definition) is 4. The minimum atomic E-state index is -0.00638. The molecule has 4 nitrogen and oxygen atoms in total. The fourth-order valence-corrected chi connectivity index (χ4v) is 3.76. The Hall–Kier alpha value is -2.40. The Bertz CT molecular complexity index is 811. The second kappa shape index (κ2) is 7.45. The first-order chi connectivity index (χ1) is 11.7. The first kappa shape index (κ1) is 16.5. The second-order valence-corrected chi connectivity index (χ2v) is 6.85. The van der Waals surface area contributed by atoms with Gasteiger partial charge in [0, 0.05) is 18.0 Å². The number of rotatable bonds is 6. The molecule has 0 spiro atoms. The van der Waals surface area contributed by atoms with E-state index in [0.717, 1.165) is 28.3 Å². The van der Waals surface area contributed by atoms with Crippen molar-refractivity contribution in [2.75, 3.05) is 7.11 Å². The molecule has 0 saturated heterocycles. The van der Waals surface area contributed by atoms with E-state index in [1.807, 2.05) is 49.4 Å². The third kappa shape index (κ3) is 3.92. The predicted octanol–water partition coefficient (Wildman–Crippen LogP) is 3.59. The van der Waals surface area contributed by atoms with Gasteiger partial charge >= 0.3 is 0 Å². The topological polar surface area (TPSA) is 51.2 Å². The van der Waals surface area contributed by atoms with E-state index < -0.39 is 0 Å². The highest BCUT2D eigenvalue weighted by Gasteiger charge is 2.13. The van der Waals surface area contributed by atoms with Gasteiger partial charge in [-0.25, -0.2) is 4.98 Å². The fourth-order valence-electron chi connectivity index (χ4n) is 2.67. The van der Waals surface area contributed by atoms with Gasteiger partial charge in [-0.15, -0.1) is 11.3 Å². The van der Waals surface area contributed by atoms with Gasteiger partial charge in [0.2, 0.25) is 5.91 Å². The van der Waals surface area contributed by atoms with E-state index in [1.54, 1.807) is 18.4 Å². The maximum Gasteiger partial charge on any atom is 0.224 e. The maximum absolute atomic E-state index is 12.3. The van der Waals surface area contributed by atoms with Gasteiger partial charge in [-0.05, 0) is 25.1 Å². The van der Waals surface area contributed by atoms with Gasteiger partial charge in [0.15, 0.2) is 0 Å². The summed E-state index contributed by atoms with van der Waals surface area (Å²) in [5, 5.41) is 4.09. The van der Waals surface area contributed by atoms with E-state index in [0.29, 0.717) is 6.42 Å². The molecule has 24 heavy (non-hydrogen) atoms. The molecular weight excluding hydrogens is 320 g/mol. The second-order valence-electron chi connectivity index (χ2n) is 5.74. The number of ether oxygens (including phenoxy) is 1. The van der Waals surface area contributed by atoms with Crippen LogP contribution in [0.4, 0.5) is 0 Å². The van der Waals surface area contributed by atoms with Crippen molar-refractivity contribution in [3.8, 4) is 5.75 Å². The lowest BCUT2D eigenvalue weighted by Crippen LogP contribution is -2.35. The number of carbonyl (C=O) groups excluding carboxylic acids is 1. The molecular formula is C19H20N2O2S. The quantitative estimate of drug-likeness (QED) is 0.746. The summed E-state index contributed by atoms with van der Waals surface area (Å²) in [5.41, 5.74) is 1.91. The highest BCUT2D eigenvalue weighted by Crippen LogP contribution is 2.22. The van der Waals surface area contributed by atoms with Crippen molar-refractivity contribution in [3.05, 3.63) is 59.1 Å². The van der Waals surface area contributed by atoms with Crippen molar-refractivity contribution < 1.29 is 9.53 Å². The van der Waals surface area contributed by atoms with Crippen molar-refractivity contribution in [2.45, 2.75) is 25.8 Å². The Morgan fingerprint density at radius 1 is 1.21 bits per heavy atom. The summed E-state index contributed by atoms with van der Waals surface area (Å²) < 4.78 is 6.47. The first-order valence-corrected chi connectivity index (χ1v) is 8.73. The molecule has 0 saturated carbocycles. The number of methoxy groups -OCH3 is 1. The summed E-state index contributed by atoms with van der Waals surface area (Å²) in [6.07, 6.45) is 1.05. The smallest absolute Gasteiger partial charge is 0.224 e. The van der Waals surface area contributed by atoms with Crippen LogP contribution in [0.3, 0.4) is 0 Å². The van der Waals surface area contributed by atoms with Crippen LogP contribution >= 0.6 is 11.3 Å². The van der Waals surface area contributed by atoms with Gasteiger partial charge in [0.25, 0.3) is 0 Å². The lowest BCUT2D eigenvalue weighted by molar-refractivity contribution is -0.121. The first-order valence-electron chi connectivity index (χ1n) is 7.91. The standard InChI is InChI=1S/C19H20N2O2S/c1-13(11-19-21-15-8-4-6-10-17(15)24-19)20-18(22)12-14-7-3-5-9-16(14)23-2/h3-10,13H,11-12H2,1-2H3,(H,20,22). The van der Waals surface area contributed by atoms with Crippen molar-refractivity contribution in [3.63, 3.8) is 0 Å². The molecule has 2 aromatic carbocycles. The minimum absolute atomic E-state index is 0.00638. The number of fused-ring (bicyclic) bond motifs is 1. The van der Waals surface area contributed by atoms with Crippen molar-refractivity contribution >= 4 is 27.5 Å². The van der Waals surface area contributed by atoms with Crippen molar-refractivity contribution in [1.29, 1.82) is 0 Å². The summed E-state index contributed by atoms with van der Waals surface area (Å²) in [4.78, 5) is 16.9. The third-order valence-electron chi connectivity index (χ3n) is 3.77. The average Bonchev–Trinajstić information content (AvgIpc) is 2.97. The summed E-state index contributed by atoms with van der Waals surface area (Å²) >= 11 is 1.68. The molecule has 1 N–H and O–H groups in total. The minimum Gasteiger partial charge on any atom is -0.496 e. The van der Waals surface area contributed by atoms with Crippen LogP contribution in [0.1, 0.15) is 17.5 Å². The van der Waals surface area contributed by atoms with Gasteiger partial charge < -0.3 is 10.1 Å². The summed E-state index contributed by atoms with van der Waals surface area (Å²) in [6, 6.07) is 15.7. The zero-order valence-electron chi connectivity index (χ0n) is 13.8. The van der Waals surface area contributed by atoms with E-state index in [2.05, 4.69) is 16.4 Å². The molecule has 1 heterocycles. The largest absolute Gasteiger partial charge is 0.496 e. The van der Waals surface area contributed by atoms with E-state index in [9.17, 15) is 4.79 Å². The number of nitrogens with one attached hydrogen (secondary N) is 1. The van der Waals surface area contributed by atoms with Crippen LogP contribution in [0.15, 0.2) is 48.5 Å². The number of benzene rings is 2. The van der Waals surface area contributed by atoms with Crippen LogP contribution in [0.2, 0.25) is 0 Å². The average molecular weight is 340 g/mol. The van der Waals surface area contributed by atoms with Crippen LogP contribution in [-0.4, -0.2) is 24.0 Å². The molecule has 1 atom stereocenters. The van der Waals surface area contributed by atoms with Gasteiger partial charge in [0.1, 0.15) is 5.75 Å². The van der Waals surface area contributed by atoms with Gasteiger partial charge in [0.05, 0.1) is 28.8 Å². The molecule has 3 aromatic rings. The maximum atomic E-state index is 12.3. The molecule has 1 aromatic heterocycles. The predicted molar refractivity (Wildman–Crippen MR) is 97.6 cm³/mol. The van der Waals surface area contributed by atoms with Crippen molar-refractivity contribution in [2.24, 2.45) is 0 Å². The van der Waals surface area contributed by atoms with E-state index in [4.69, 9.17) is 4.74 Å². The SMILES string of the molecule is COc1ccccc1CC(=O)NC(C)Cc1nc2ccccc2s1. The number of para-hydroxylation sites is 2. The van der Waals surface area contributed by atoms with E-state index in [-0.39, 0.29) is 11.9 Å². The summed E-state index contributed by atoms with van der Waals surface area (Å²) in [6.45, 7) is 2.01. The molecule has 124 valence electrons. The number of amides is 1. The molecule has 3 rings (SSSR count). The number of nitrogens with zero attached hydrogens (tertiary/aromatic N) is 1. The Balaban J connectivity index is 1.59. The lowest BCUT2D eigenvalue weighted by Gasteiger charge is -2.13. The molecule has 0 radical (unpaired) electrons. The molecule has 0 fully saturated rings. The summed E-state index contributed by atoms with van der Waals surface area (Å²) in [5.74, 6) is 0.736. The molecule has 0 bridgehead atoms. The molecule has 5 heteroatoms. The highest BCUT2D eigenvalue weighted by atomic mass is 32.1. The molecule has 0 aliphatic rings. The zero-order chi connectivity index (χ0) is 16.9. The molecule has 1 amide bonds. The van der Waals surface area contributed by atoms with Crippen LogP contribution in [-0.2, 0) is 17.6 Å². The number of hydrogen-bond donors (Lipinski definition) is 1. The summed E-state index contributed by atoms with van der Waals surface area (Å²) in [7, 11) is 1.62. The van der Waals surface area contributed by atoms with Gasteiger partial charge in [-0.3, -0.25) is 4.79 Å². The van der Waals surface area contributed by atoms with Crippen LogP contribution < -0.4 is 10.1 Å². The molecule has 0 aliphatic heterocycles. The fraction of sp³-hybridized carbons (Fsp3) is 0.263. The number of thiazole rings is 1. The normalized spacial score (nSPS) is 12.1. The van der Waals surface area contributed by atoms with Crippen LogP contribution in [0.5, 0.6) is 5.75 Å². The molecule has 0 aliphatic carbocycles. The van der Waals surface area contributed by atoms with Crippen LogP contribution in [0, 0.1) is 0 Å². The Morgan fingerprint density at radius 2 is 1.96 bits per heavy atom. The lowest BCUT2D eigenvalue weighted by atomic mass is 10.1. The van der Waals surface area contributed by atoms with Crippen molar-refractivity contribution in [1.82, 2.24) is 10.3 Å². The highest BCUT2D eigenvalue weighted by molar-refractivity contribution is 7.18. The third-order valence-corrected chi connectivity index (χ3v) is 4.83. The Morgan fingerprint density at radius 3 is 2.75 bits per heavy atom. The van der Waals surface area contributed by atoms with Gasteiger partial charge in [-0.2, -0.15) is 0 Å². The number of aromatic nitrogens is 1. The Labute approximate surface area is 145 Å².